The number of carboxylic acid groups (broad SMARTS) is 1. The van der Waals surface area contributed by atoms with Crippen LogP contribution >= 0.6 is 0 Å². The molecule has 0 amide bonds. The van der Waals surface area contributed by atoms with Crippen LogP contribution in [0.15, 0.2) is 36.4 Å². The number of aromatic hydroxyl groups is 1. The van der Waals surface area contributed by atoms with Crippen LogP contribution in [0.3, 0.4) is 0 Å². The number of hydrogen-bond donors (Lipinski definition) is 2. The number of benzene rings is 1. The molecule has 6 nitrogen and oxygen atoms in total. The summed E-state index contributed by atoms with van der Waals surface area (Å²) in [5, 5.41) is 27.7. The zero-order chi connectivity index (χ0) is 19.6. The zero-order valence-electron chi connectivity index (χ0n) is 15.2. The number of nitrogens with zero attached hydrogens (tertiary/aromatic N) is 2. The molecule has 1 aromatic carbocycles. The molecule has 22 heavy (non-hydrogen) atoms. The normalized spacial score (nSPS) is 12.5. The molecule has 2 N–H and O–H groups in total. The predicted octanol–water partition coefficient (Wildman–Crippen LogP) is 2.37. The lowest BCUT2D eigenvalue weighted by Crippen LogP contribution is -2.06. The summed E-state index contributed by atoms with van der Waals surface area (Å²) >= 11 is 0. The van der Waals surface area contributed by atoms with Gasteiger partial charge >= 0.3 is 5.97 Å². The fourth-order valence-electron chi connectivity index (χ4n) is 1.69. The van der Waals surface area contributed by atoms with Crippen LogP contribution in [0.5, 0.6) is 5.75 Å². The fraction of sp³-hybridized carbons (Fsp3) is 0.125. The standard InChI is InChI=1S/C16H12N2O4/c17-8-10-2-1-3-11(6-10)12-7-14(20)16(18-9-12)13(19)4-5-15(21)22/h1-3,6-7,9,20H,4-5H2,(H,21,22)/i1D,2D,3D,6D. The van der Waals surface area contributed by atoms with Crippen LogP contribution in [0, 0.1) is 11.3 Å². The van der Waals surface area contributed by atoms with Gasteiger partial charge in [0, 0.05) is 18.2 Å². The summed E-state index contributed by atoms with van der Waals surface area (Å²) in [5.41, 5.74) is -0.883. The second kappa shape index (κ2) is 6.50. The highest BCUT2D eigenvalue weighted by molar-refractivity contribution is 5.98. The number of nitriles is 1. The van der Waals surface area contributed by atoms with E-state index in [4.69, 9.17) is 15.9 Å². The van der Waals surface area contributed by atoms with Gasteiger partial charge in [0.2, 0.25) is 0 Å². The Kier molecular flexibility index (Phi) is 3.11. The van der Waals surface area contributed by atoms with E-state index in [0.717, 1.165) is 12.3 Å². The second-order valence-corrected chi connectivity index (χ2v) is 4.27. The quantitative estimate of drug-likeness (QED) is 0.820. The minimum absolute atomic E-state index is 0.0253. The number of carbonyl (C=O) groups excluding carboxylic acids is 1. The molecule has 110 valence electrons. The van der Waals surface area contributed by atoms with E-state index < -0.39 is 48.1 Å². The molecule has 1 aromatic heterocycles. The van der Waals surface area contributed by atoms with Gasteiger partial charge < -0.3 is 10.2 Å². The number of carboxylic acids is 1. The fourth-order valence-corrected chi connectivity index (χ4v) is 1.69. The van der Waals surface area contributed by atoms with Crippen molar-refractivity contribution in [3.8, 4) is 22.9 Å². The predicted molar refractivity (Wildman–Crippen MR) is 77.3 cm³/mol. The van der Waals surface area contributed by atoms with E-state index >= 15 is 0 Å². The molecule has 2 aromatic rings. The number of aliphatic carboxylic acids is 1. The van der Waals surface area contributed by atoms with Gasteiger partial charge in [-0.05, 0) is 23.7 Å². The van der Waals surface area contributed by atoms with Crippen molar-refractivity contribution in [1.29, 1.82) is 5.26 Å². The van der Waals surface area contributed by atoms with Crippen molar-refractivity contribution in [2.75, 3.05) is 0 Å². The minimum atomic E-state index is -1.17. The van der Waals surface area contributed by atoms with Gasteiger partial charge in [-0.25, -0.2) is 4.98 Å². The first-order valence-electron chi connectivity index (χ1n) is 8.13. The summed E-state index contributed by atoms with van der Waals surface area (Å²) in [4.78, 5) is 26.2. The Morgan fingerprint density at radius 1 is 1.32 bits per heavy atom. The molecule has 0 aliphatic heterocycles. The van der Waals surface area contributed by atoms with Crippen LogP contribution in [0.1, 0.15) is 34.4 Å². The van der Waals surface area contributed by atoms with Crippen LogP contribution in [0.25, 0.3) is 11.1 Å². The lowest BCUT2D eigenvalue weighted by Gasteiger charge is -2.06. The number of ketones is 1. The highest BCUT2D eigenvalue weighted by Gasteiger charge is 2.15. The third kappa shape index (κ3) is 3.46. The highest BCUT2D eigenvalue weighted by atomic mass is 16.4. The van der Waals surface area contributed by atoms with Crippen molar-refractivity contribution >= 4 is 11.8 Å². The molecule has 2 rings (SSSR count). The van der Waals surface area contributed by atoms with Crippen molar-refractivity contribution < 1.29 is 25.3 Å². The SMILES string of the molecule is [2H]c1c([2H])c(C#N)c([2H])c(-c2cnc(C(=O)CCC(=O)O)c(O)c2)c1[2H]. The van der Waals surface area contributed by atoms with Crippen molar-refractivity contribution in [2.24, 2.45) is 0 Å². The summed E-state index contributed by atoms with van der Waals surface area (Å²) in [6.07, 6.45) is 0.309. The maximum absolute atomic E-state index is 11.9. The van der Waals surface area contributed by atoms with Gasteiger partial charge in [0.15, 0.2) is 5.78 Å². The average Bonchev–Trinajstić information content (AvgIpc) is 2.58. The van der Waals surface area contributed by atoms with E-state index in [1.165, 1.54) is 0 Å². The number of rotatable bonds is 5. The Bertz CT molecular complexity index is 970. The van der Waals surface area contributed by atoms with Crippen LogP contribution in [0.2, 0.25) is 0 Å². The molecule has 0 saturated carbocycles. The molecular formula is C16H12N2O4. The van der Waals surface area contributed by atoms with Crippen molar-refractivity contribution in [2.45, 2.75) is 12.8 Å². The molecular weight excluding hydrogens is 284 g/mol. The molecule has 0 unspecified atom stereocenters. The summed E-state index contributed by atoms with van der Waals surface area (Å²) < 4.78 is 31.3. The van der Waals surface area contributed by atoms with E-state index in [1.54, 1.807) is 6.07 Å². The van der Waals surface area contributed by atoms with Gasteiger partial charge in [0.05, 0.1) is 23.5 Å². The van der Waals surface area contributed by atoms with Crippen molar-refractivity contribution in [1.82, 2.24) is 4.98 Å². The third-order valence-electron chi connectivity index (χ3n) is 2.72. The van der Waals surface area contributed by atoms with Crippen LogP contribution in [0.4, 0.5) is 0 Å². The second-order valence-electron chi connectivity index (χ2n) is 4.27. The number of pyridine rings is 1. The van der Waals surface area contributed by atoms with Gasteiger partial charge in [0.25, 0.3) is 0 Å². The number of Topliss-reactive ketones (excluding diaryl/α,β-unsaturated/α-hetero) is 1. The van der Waals surface area contributed by atoms with E-state index in [1.807, 2.05) is 0 Å². The summed E-state index contributed by atoms with van der Waals surface area (Å²) in [5.74, 6) is -2.43. The Labute approximate surface area is 131 Å². The lowest BCUT2D eigenvalue weighted by molar-refractivity contribution is -0.136. The zero-order valence-corrected chi connectivity index (χ0v) is 11.2. The van der Waals surface area contributed by atoms with Gasteiger partial charge in [-0.2, -0.15) is 5.26 Å². The van der Waals surface area contributed by atoms with Crippen LogP contribution < -0.4 is 0 Å². The van der Waals surface area contributed by atoms with E-state index in [2.05, 4.69) is 4.98 Å². The molecule has 1 heterocycles. The maximum Gasteiger partial charge on any atom is 0.303 e. The van der Waals surface area contributed by atoms with Gasteiger partial charge in [-0.15, -0.1) is 0 Å². The summed E-state index contributed by atoms with van der Waals surface area (Å²) in [6, 6.07) is 0.674. The molecule has 0 fully saturated rings. The monoisotopic (exact) mass is 300 g/mol. The largest absolute Gasteiger partial charge is 0.506 e. The summed E-state index contributed by atoms with van der Waals surface area (Å²) in [6.45, 7) is 0. The highest BCUT2D eigenvalue weighted by Crippen LogP contribution is 2.26. The lowest BCUT2D eigenvalue weighted by atomic mass is 10.0. The number of carbonyl (C=O) groups is 2. The number of hydrogen-bond acceptors (Lipinski definition) is 5. The van der Waals surface area contributed by atoms with Crippen molar-refractivity contribution in [3.05, 3.63) is 47.7 Å². The average molecular weight is 300 g/mol. The third-order valence-corrected chi connectivity index (χ3v) is 2.72. The molecule has 0 aliphatic rings. The first-order valence-corrected chi connectivity index (χ1v) is 6.13. The molecule has 0 bridgehead atoms. The first kappa shape index (κ1) is 10.5. The molecule has 0 atom stereocenters. The molecule has 0 aliphatic carbocycles. The van der Waals surface area contributed by atoms with E-state index in [9.17, 15) is 14.7 Å². The molecule has 0 radical (unpaired) electrons. The Hall–Kier alpha value is -3.20. The smallest absolute Gasteiger partial charge is 0.303 e. The van der Waals surface area contributed by atoms with Crippen LogP contribution in [-0.2, 0) is 4.79 Å². The maximum atomic E-state index is 11.9. The number of aromatic nitrogens is 1. The Morgan fingerprint density at radius 3 is 2.73 bits per heavy atom. The first-order chi connectivity index (χ1) is 12.2. The Morgan fingerprint density at radius 2 is 2.09 bits per heavy atom. The molecule has 0 saturated heterocycles. The minimum Gasteiger partial charge on any atom is -0.506 e. The van der Waals surface area contributed by atoms with Gasteiger partial charge in [0.1, 0.15) is 11.4 Å². The summed E-state index contributed by atoms with van der Waals surface area (Å²) in [7, 11) is 0. The van der Waals surface area contributed by atoms with Gasteiger partial charge in [-0.3, -0.25) is 9.59 Å². The Balaban J connectivity index is 2.54. The van der Waals surface area contributed by atoms with E-state index in [0.29, 0.717) is 0 Å². The van der Waals surface area contributed by atoms with Crippen LogP contribution in [-0.4, -0.2) is 26.9 Å². The van der Waals surface area contributed by atoms with Gasteiger partial charge in [-0.1, -0.05) is 12.1 Å². The topological polar surface area (TPSA) is 111 Å². The molecule has 6 heteroatoms. The van der Waals surface area contributed by atoms with E-state index in [-0.39, 0.29) is 28.8 Å². The molecule has 0 spiro atoms. The van der Waals surface area contributed by atoms with Crippen molar-refractivity contribution in [3.63, 3.8) is 0 Å².